The van der Waals surface area contributed by atoms with Crippen molar-refractivity contribution in [2.75, 3.05) is 11.9 Å². The van der Waals surface area contributed by atoms with Crippen LogP contribution >= 0.6 is 0 Å². The van der Waals surface area contributed by atoms with E-state index in [2.05, 4.69) is 5.32 Å². The van der Waals surface area contributed by atoms with Crippen LogP contribution in [0.25, 0.3) is 0 Å². The molecule has 1 atom stereocenters. The van der Waals surface area contributed by atoms with Gasteiger partial charge in [-0.25, -0.2) is 0 Å². The molecular weight excluding hydrogens is 351 g/mol. The molecule has 6 nitrogen and oxygen atoms in total. The molecule has 0 aliphatic carbocycles. The summed E-state index contributed by atoms with van der Waals surface area (Å²) in [4.78, 5) is 36.8. The Hall–Kier alpha value is -2.58. The molecule has 3 amide bonds. The number of rotatable bonds is 5. The van der Waals surface area contributed by atoms with Crippen LogP contribution in [0.15, 0.2) is 24.3 Å². The first kappa shape index (κ1) is 19.7. The maximum Gasteiger partial charge on any atom is 0.471 e. The van der Waals surface area contributed by atoms with Gasteiger partial charge in [-0.3, -0.25) is 14.4 Å². The fourth-order valence-electron chi connectivity index (χ4n) is 2.72. The Morgan fingerprint density at radius 2 is 1.92 bits per heavy atom. The summed E-state index contributed by atoms with van der Waals surface area (Å²) >= 11 is 0. The summed E-state index contributed by atoms with van der Waals surface area (Å²) in [5.41, 5.74) is 0.310. The second kappa shape index (κ2) is 7.76. The second-order valence-electron chi connectivity index (χ2n) is 6.37. The van der Waals surface area contributed by atoms with Gasteiger partial charge in [-0.1, -0.05) is 18.2 Å². The van der Waals surface area contributed by atoms with E-state index in [0.29, 0.717) is 12.1 Å². The van der Waals surface area contributed by atoms with Gasteiger partial charge in [-0.15, -0.1) is 0 Å². The molecule has 1 heterocycles. The number of nitrogens with zero attached hydrogens (tertiary/aromatic N) is 1. The zero-order valence-electron chi connectivity index (χ0n) is 14.4. The summed E-state index contributed by atoms with van der Waals surface area (Å²) in [5.74, 6) is -3.02. The molecule has 0 spiro atoms. The minimum Gasteiger partial charge on any atom is -0.352 e. The van der Waals surface area contributed by atoms with Crippen LogP contribution in [0.5, 0.6) is 0 Å². The van der Waals surface area contributed by atoms with Crippen molar-refractivity contribution >= 4 is 23.4 Å². The Bertz CT molecular complexity index is 704. The second-order valence-corrected chi connectivity index (χ2v) is 6.37. The summed E-state index contributed by atoms with van der Waals surface area (Å²) in [5, 5.41) is 4.42. The van der Waals surface area contributed by atoms with E-state index in [1.165, 1.54) is 18.2 Å². The first-order valence-corrected chi connectivity index (χ1v) is 8.13. The van der Waals surface area contributed by atoms with Gasteiger partial charge in [0.15, 0.2) is 0 Å². The van der Waals surface area contributed by atoms with Crippen LogP contribution in [0.3, 0.4) is 0 Å². The lowest BCUT2D eigenvalue weighted by Gasteiger charge is -2.20. The van der Waals surface area contributed by atoms with Crippen LogP contribution in [0.2, 0.25) is 0 Å². The van der Waals surface area contributed by atoms with E-state index in [9.17, 15) is 27.6 Å². The third-order valence-electron chi connectivity index (χ3n) is 4.13. The Morgan fingerprint density at radius 3 is 2.50 bits per heavy atom. The smallest absolute Gasteiger partial charge is 0.352 e. The standard InChI is InChI=1S/C17H20F3N3O3/c1-10(2)23-9-12(7-14(23)24)15(25)21-8-11-5-3-4-6-13(11)22-16(26)17(18,19)20/h3-6,10,12H,7-9H2,1-2H3,(H,21,25)(H,22,26). The molecule has 1 fully saturated rings. The molecule has 1 aromatic rings. The molecule has 9 heteroatoms. The quantitative estimate of drug-likeness (QED) is 0.832. The van der Waals surface area contributed by atoms with E-state index in [-0.39, 0.29) is 36.5 Å². The van der Waals surface area contributed by atoms with E-state index >= 15 is 0 Å². The van der Waals surface area contributed by atoms with Gasteiger partial charge < -0.3 is 15.5 Å². The highest BCUT2D eigenvalue weighted by Gasteiger charge is 2.39. The van der Waals surface area contributed by atoms with Gasteiger partial charge in [0.2, 0.25) is 11.8 Å². The number of carbonyl (C=O) groups excluding carboxylic acids is 3. The third-order valence-corrected chi connectivity index (χ3v) is 4.13. The number of benzene rings is 1. The predicted octanol–water partition coefficient (Wildman–Crippen LogP) is 2.06. The molecule has 1 aromatic carbocycles. The first-order chi connectivity index (χ1) is 12.1. The van der Waals surface area contributed by atoms with E-state index in [4.69, 9.17) is 0 Å². The van der Waals surface area contributed by atoms with Gasteiger partial charge >= 0.3 is 12.1 Å². The molecule has 0 bridgehead atoms. The molecule has 1 saturated heterocycles. The molecule has 2 rings (SSSR count). The minimum absolute atomic E-state index is 0.00129. The van der Waals surface area contributed by atoms with E-state index in [1.807, 2.05) is 13.8 Å². The van der Waals surface area contributed by atoms with Crippen molar-refractivity contribution in [2.24, 2.45) is 5.92 Å². The van der Waals surface area contributed by atoms with Gasteiger partial charge in [-0.05, 0) is 25.5 Å². The summed E-state index contributed by atoms with van der Waals surface area (Å²) in [6.07, 6.45) is -4.89. The summed E-state index contributed by atoms with van der Waals surface area (Å²) < 4.78 is 37.2. The number of nitrogens with one attached hydrogen (secondary N) is 2. The van der Waals surface area contributed by atoms with Gasteiger partial charge in [0.1, 0.15) is 0 Å². The maximum absolute atomic E-state index is 12.4. The third kappa shape index (κ3) is 4.74. The van der Waals surface area contributed by atoms with Crippen LogP contribution in [-0.4, -0.2) is 41.4 Å². The highest BCUT2D eigenvalue weighted by atomic mass is 19.4. The summed E-state index contributed by atoms with van der Waals surface area (Å²) in [7, 11) is 0. The molecule has 0 saturated carbocycles. The SMILES string of the molecule is CC(C)N1CC(C(=O)NCc2ccccc2NC(=O)C(F)(F)F)CC1=O. The fraction of sp³-hybridized carbons (Fsp3) is 0.471. The Balaban J connectivity index is 1.99. The summed E-state index contributed by atoms with van der Waals surface area (Å²) in [6, 6.07) is 5.90. The van der Waals surface area contributed by atoms with Crippen molar-refractivity contribution in [3.05, 3.63) is 29.8 Å². The van der Waals surface area contributed by atoms with E-state index in [1.54, 1.807) is 16.3 Å². The van der Waals surface area contributed by atoms with Crippen molar-refractivity contribution in [3.63, 3.8) is 0 Å². The average Bonchev–Trinajstić information content (AvgIpc) is 2.95. The van der Waals surface area contributed by atoms with E-state index < -0.39 is 18.0 Å². The van der Waals surface area contributed by atoms with Crippen molar-refractivity contribution in [1.29, 1.82) is 0 Å². The first-order valence-electron chi connectivity index (χ1n) is 8.13. The van der Waals surface area contributed by atoms with Crippen molar-refractivity contribution in [1.82, 2.24) is 10.2 Å². The zero-order chi connectivity index (χ0) is 19.5. The van der Waals surface area contributed by atoms with Crippen LogP contribution in [-0.2, 0) is 20.9 Å². The Labute approximate surface area is 148 Å². The van der Waals surface area contributed by atoms with Gasteiger partial charge in [0, 0.05) is 31.2 Å². The van der Waals surface area contributed by atoms with Crippen molar-refractivity contribution in [3.8, 4) is 0 Å². The summed E-state index contributed by atoms with van der Waals surface area (Å²) in [6.45, 7) is 3.98. The number of amides is 3. The monoisotopic (exact) mass is 371 g/mol. The van der Waals surface area contributed by atoms with Gasteiger partial charge in [-0.2, -0.15) is 13.2 Å². The number of hydrogen-bond donors (Lipinski definition) is 2. The van der Waals surface area contributed by atoms with Crippen molar-refractivity contribution < 1.29 is 27.6 Å². The highest BCUT2D eigenvalue weighted by molar-refractivity contribution is 5.95. The van der Waals surface area contributed by atoms with Gasteiger partial charge in [0.05, 0.1) is 5.92 Å². The molecule has 2 N–H and O–H groups in total. The molecule has 0 radical (unpaired) electrons. The number of hydrogen-bond acceptors (Lipinski definition) is 3. The molecule has 142 valence electrons. The van der Waals surface area contributed by atoms with Gasteiger partial charge in [0.25, 0.3) is 0 Å². The lowest BCUT2D eigenvalue weighted by molar-refractivity contribution is -0.167. The fourth-order valence-corrected chi connectivity index (χ4v) is 2.72. The largest absolute Gasteiger partial charge is 0.471 e. The topological polar surface area (TPSA) is 78.5 Å². The molecule has 1 aliphatic heterocycles. The van der Waals surface area contributed by atoms with Crippen LogP contribution < -0.4 is 10.6 Å². The molecular formula is C17H20F3N3O3. The Morgan fingerprint density at radius 1 is 1.27 bits per heavy atom. The predicted molar refractivity (Wildman–Crippen MR) is 87.9 cm³/mol. The lowest BCUT2D eigenvalue weighted by Crippen LogP contribution is -2.35. The van der Waals surface area contributed by atoms with Crippen LogP contribution in [0, 0.1) is 5.92 Å². The van der Waals surface area contributed by atoms with Crippen molar-refractivity contribution in [2.45, 2.75) is 39.0 Å². The Kier molecular flexibility index (Phi) is 5.89. The minimum atomic E-state index is -5.00. The number of carbonyl (C=O) groups is 3. The number of likely N-dealkylation sites (tertiary alicyclic amines) is 1. The zero-order valence-corrected chi connectivity index (χ0v) is 14.4. The highest BCUT2D eigenvalue weighted by Crippen LogP contribution is 2.22. The number of alkyl halides is 3. The molecule has 0 aromatic heterocycles. The number of halogens is 3. The molecule has 1 unspecified atom stereocenters. The van der Waals surface area contributed by atoms with Crippen LogP contribution in [0.4, 0.5) is 18.9 Å². The average molecular weight is 371 g/mol. The number of anilines is 1. The van der Waals surface area contributed by atoms with E-state index in [0.717, 1.165) is 0 Å². The number of para-hydroxylation sites is 1. The normalized spacial score (nSPS) is 17.5. The maximum atomic E-state index is 12.4. The molecule has 26 heavy (non-hydrogen) atoms. The molecule has 1 aliphatic rings. The lowest BCUT2D eigenvalue weighted by atomic mass is 10.1. The van der Waals surface area contributed by atoms with Crippen LogP contribution in [0.1, 0.15) is 25.8 Å².